The number of aromatic nitrogens is 1. The molecular formula is C15H20N2. The van der Waals surface area contributed by atoms with E-state index in [0.29, 0.717) is 0 Å². The van der Waals surface area contributed by atoms with Gasteiger partial charge in [0.2, 0.25) is 0 Å². The highest BCUT2D eigenvalue weighted by Crippen LogP contribution is 2.23. The van der Waals surface area contributed by atoms with Crippen LogP contribution < -0.4 is 5.32 Å². The Morgan fingerprint density at radius 1 is 1.24 bits per heavy atom. The van der Waals surface area contributed by atoms with Crippen molar-refractivity contribution in [2.24, 2.45) is 5.92 Å². The van der Waals surface area contributed by atoms with Crippen LogP contribution in [0.3, 0.4) is 0 Å². The maximum Gasteiger partial charge on any atom is 0.0456 e. The van der Waals surface area contributed by atoms with Gasteiger partial charge in [-0.25, -0.2) is 0 Å². The van der Waals surface area contributed by atoms with E-state index in [1.54, 1.807) is 0 Å². The molecule has 1 aromatic carbocycles. The number of nitrogens with one attached hydrogen (secondary N) is 2. The van der Waals surface area contributed by atoms with E-state index in [1.807, 2.05) is 0 Å². The molecule has 0 unspecified atom stereocenters. The number of H-pyrrole nitrogens is 1. The van der Waals surface area contributed by atoms with Crippen molar-refractivity contribution in [3.05, 3.63) is 35.5 Å². The average molecular weight is 228 g/mol. The summed E-state index contributed by atoms with van der Waals surface area (Å²) in [6.45, 7) is 4.55. The van der Waals surface area contributed by atoms with E-state index in [-0.39, 0.29) is 0 Å². The van der Waals surface area contributed by atoms with Crippen molar-refractivity contribution in [1.82, 2.24) is 10.3 Å². The van der Waals surface area contributed by atoms with Gasteiger partial charge in [-0.2, -0.15) is 0 Å². The highest BCUT2D eigenvalue weighted by Gasteiger charge is 2.13. The third kappa shape index (κ3) is 2.22. The molecule has 3 rings (SSSR count). The summed E-state index contributed by atoms with van der Waals surface area (Å²) < 4.78 is 0. The van der Waals surface area contributed by atoms with Crippen LogP contribution in [0, 0.1) is 12.8 Å². The summed E-state index contributed by atoms with van der Waals surface area (Å²) in [4.78, 5) is 3.31. The van der Waals surface area contributed by atoms with Crippen LogP contribution in [-0.2, 0) is 6.42 Å². The van der Waals surface area contributed by atoms with Crippen molar-refractivity contribution >= 4 is 10.9 Å². The van der Waals surface area contributed by atoms with Crippen molar-refractivity contribution < 1.29 is 0 Å². The summed E-state index contributed by atoms with van der Waals surface area (Å²) in [5.74, 6) is 0.868. The highest BCUT2D eigenvalue weighted by molar-refractivity contribution is 5.83. The maximum absolute atomic E-state index is 3.43. The Labute approximate surface area is 102 Å². The van der Waals surface area contributed by atoms with Crippen molar-refractivity contribution in [3.63, 3.8) is 0 Å². The molecule has 1 fully saturated rings. The third-order valence-corrected chi connectivity index (χ3v) is 3.94. The van der Waals surface area contributed by atoms with Crippen LogP contribution in [-0.4, -0.2) is 18.1 Å². The van der Waals surface area contributed by atoms with Crippen molar-refractivity contribution in [1.29, 1.82) is 0 Å². The summed E-state index contributed by atoms with van der Waals surface area (Å²) >= 11 is 0. The van der Waals surface area contributed by atoms with Crippen LogP contribution in [0.15, 0.2) is 24.4 Å². The lowest BCUT2D eigenvalue weighted by Crippen LogP contribution is -2.28. The molecule has 2 aromatic rings. The van der Waals surface area contributed by atoms with E-state index in [1.165, 1.54) is 54.4 Å². The number of rotatable bonds is 2. The van der Waals surface area contributed by atoms with Gasteiger partial charge in [0.25, 0.3) is 0 Å². The lowest BCUT2D eigenvalue weighted by atomic mass is 9.90. The summed E-state index contributed by atoms with van der Waals surface area (Å²) in [6, 6.07) is 6.86. The van der Waals surface area contributed by atoms with Gasteiger partial charge >= 0.3 is 0 Å². The van der Waals surface area contributed by atoms with Gasteiger partial charge in [0, 0.05) is 17.1 Å². The normalized spacial score (nSPS) is 17.7. The second kappa shape index (κ2) is 4.53. The molecule has 0 atom stereocenters. The van der Waals surface area contributed by atoms with Gasteiger partial charge in [0.15, 0.2) is 0 Å². The molecule has 0 radical (unpaired) electrons. The van der Waals surface area contributed by atoms with Crippen LogP contribution in [0.1, 0.15) is 24.0 Å². The Kier molecular flexibility index (Phi) is 2.89. The van der Waals surface area contributed by atoms with Crippen molar-refractivity contribution in [2.75, 3.05) is 13.1 Å². The van der Waals surface area contributed by atoms with Crippen molar-refractivity contribution in [3.8, 4) is 0 Å². The van der Waals surface area contributed by atoms with Gasteiger partial charge in [0.1, 0.15) is 0 Å². The highest BCUT2D eigenvalue weighted by atomic mass is 14.9. The number of aromatic amines is 1. The fraction of sp³-hybridized carbons (Fsp3) is 0.467. The van der Waals surface area contributed by atoms with Crippen LogP contribution >= 0.6 is 0 Å². The van der Waals surface area contributed by atoms with Gasteiger partial charge in [-0.15, -0.1) is 0 Å². The fourth-order valence-corrected chi connectivity index (χ4v) is 2.85. The first-order chi connectivity index (χ1) is 8.33. The van der Waals surface area contributed by atoms with E-state index in [0.717, 1.165) is 5.92 Å². The molecule has 0 saturated carbocycles. The summed E-state index contributed by atoms with van der Waals surface area (Å²) in [6.07, 6.45) is 5.98. The molecule has 2 heterocycles. The molecule has 0 aliphatic carbocycles. The number of aryl methyl sites for hydroxylation is 1. The predicted molar refractivity (Wildman–Crippen MR) is 72.3 cm³/mol. The first-order valence-electron chi connectivity index (χ1n) is 6.60. The van der Waals surface area contributed by atoms with Gasteiger partial charge in [-0.05, 0) is 68.5 Å². The van der Waals surface area contributed by atoms with E-state index in [4.69, 9.17) is 0 Å². The van der Waals surface area contributed by atoms with Crippen molar-refractivity contribution in [2.45, 2.75) is 26.2 Å². The largest absolute Gasteiger partial charge is 0.361 e. The third-order valence-electron chi connectivity index (χ3n) is 3.94. The SMILES string of the molecule is Cc1c[nH]c2ccc(CC3CCNCC3)cc12. The number of fused-ring (bicyclic) bond motifs is 1. The fourth-order valence-electron chi connectivity index (χ4n) is 2.85. The number of hydrogen-bond acceptors (Lipinski definition) is 1. The number of benzene rings is 1. The molecule has 2 nitrogen and oxygen atoms in total. The van der Waals surface area contributed by atoms with Gasteiger partial charge in [-0.3, -0.25) is 0 Å². The molecule has 1 saturated heterocycles. The second-order valence-electron chi connectivity index (χ2n) is 5.25. The van der Waals surface area contributed by atoms with Gasteiger partial charge in [-0.1, -0.05) is 6.07 Å². The molecule has 1 aromatic heterocycles. The minimum atomic E-state index is 0.868. The van der Waals surface area contributed by atoms with Crippen LogP contribution in [0.2, 0.25) is 0 Å². The lowest BCUT2D eigenvalue weighted by Gasteiger charge is -2.22. The molecule has 2 N–H and O–H groups in total. The zero-order valence-electron chi connectivity index (χ0n) is 10.4. The zero-order valence-corrected chi connectivity index (χ0v) is 10.4. The van der Waals surface area contributed by atoms with E-state index < -0.39 is 0 Å². The Morgan fingerprint density at radius 2 is 2.06 bits per heavy atom. The molecule has 17 heavy (non-hydrogen) atoms. The Hall–Kier alpha value is -1.28. The standard InChI is InChI=1S/C15H20N2/c1-11-10-17-15-3-2-13(9-14(11)15)8-12-4-6-16-7-5-12/h2-3,9-10,12,16-17H,4-8H2,1H3. The van der Waals surface area contributed by atoms with Crippen LogP contribution in [0.5, 0.6) is 0 Å². The van der Waals surface area contributed by atoms with Gasteiger partial charge in [0.05, 0.1) is 0 Å². The molecule has 90 valence electrons. The summed E-state index contributed by atoms with van der Waals surface area (Å²) in [7, 11) is 0. The monoisotopic (exact) mass is 228 g/mol. The molecule has 0 spiro atoms. The second-order valence-corrected chi connectivity index (χ2v) is 5.25. The zero-order chi connectivity index (χ0) is 11.7. The predicted octanol–water partition coefficient (Wildman–Crippen LogP) is 3.02. The lowest BCUT2D eigenvalue weighted by molar-refractivity contribution is 0.373. The first-order valence-corrected chi connectivity index (χ1v) is 6.60. The number of hydrogen-bond donors (Lipinski definition) is 2. The quantitative estimate of drug-likeness (QED) is 0.812. The number of piperidine rings is 1. The molecule has 0 bridgehead atoms. The first kappa shape index (κ1) is 10.8. The Bertz CT molecular complexity index is 507. The molecule has 1 aliphatic heterocycles. The Morgan fingerprint density at radius 3 is 2.88 bits per heavy atom. The molecule has 0 amide bonds. The summed E-state index contributed by atoms with van der Waals surface area (Å²) in [5, 5.41) is 4.82. The topological polar surface area (TPSA) is 27.8 Å². The van der Waals surface area contributed by atoms with Crippen LogP contribution in [0.4, 0.5) is 0 Å². The maximum atomic E-state index is 3.43. The van der Waals surface area contributed by atoms with Gasteiger partial charge < -0.3 is 10.3 Å². The Balaban J connectivity index is 1.82. The van der Waals surface area contributed by atoms with E-state index in [2.05, 4.69) is 41.6 Å². The summed E-state index contributed by atoms with van der Waals surface area (Å²) in [5.41, 5.74) is 4.11. The molecular weight excluding hydrogens is 208 g/mol. The minimum Gasteiger partial charge on any atom is -0.361 e. The smallest absolute Gasteiger partial charge is 0.0456 e. The van der Waals surface area contributed by atoms with E-state index >= 15 is 0 Å². The molecule has 2 heteroatoms. The minimum absolute atomic E-state index is 0.868. The molecule has 1 aliphatic rings. The van der Waals surface area contributed by atoms with E-state index in [9.17, 15) is 0 Å². The van der Waals surface area contributed by atoms with Crippen LogP contribution in [0.25, 0.3) is 10.9 Å². The average Bonchev–Trinajstić information content (AvgIpc) is 2.73.